The molecule has 0 atom stereocenters. The van der Waals surface area contributed by atoms with Gasteiger partial charge in [-0.1, -0.05) is 36.4 Å². The smallest absolute Gasteiger partial charge is 0.270 e. The summed E-state index contributed by atoms with van der Waals surface area (Å²) in [4.78, 5) is 29.9. The average Bonchev–Trinajstić information content (AvgIpc) is 3.17. The molecule has 0 aliphatic heterocycles. The van der Waals surface area contributed by atoms with E-state index in [1.807, 2.05) is 48.5 Å². The molecule has 4 rings (SSSR count). The van der Waals surface area contributed by atoms with E-state index in [1.165, 1.54) is 19.1 Å². The van der Waals surface area contributed by atoms with Crippen molar-refractivity contribution in [2.45, 2.75) is 19.9 Å². The summed E-state index contributed by atoms with van der Waals surface area (Å²) in [7, 11) is 0. The summed E-state index contributed by atoms with van der Waals surface area (Å²) in [5.41, 5.74) is 10.3. The number of amides is 1. The van der Waals surface area contributed by atoms with E-state index in [0.717, 1.165) is 17.5 Å². The molecule has 4 aromatic rings. The summed E-state index contributed by atoms with van der Waals surface area (Å²) in [5, 5.41) is 25.4. The molecule has 5 N–H and O–H groups in total. The Hall–Kier alpha value is -4.50. The van der Waals surface area contributed by atoms with Gasteiger partial charge in [-0.25, -0.2) is 4.99 Å². The molecule has 0 saturated heterocycles. The number of rotatable bonds is 8. The molecule has 9 nitrogen and oxygen atoms in total. The monoisotopic (exact) mass is 471 g/mol. The summed E-state index contributed by atoms with van der Waals surface area (Å²) in [5.74, 6) is -0.263. The van der Waals surface area contributed by atoms with Gasteiger partial charge < -0.3 is 21.1 Å². The lowest BCUT2D eigenvalue weighted by molar-refractivity contribution is -0.384. The van der Waals surface area contributed by atoms with Crippen molar-refractivity contribution in [2.75, 3.05) is 6.54 Å². The molecule has 1 amide bonds. The van der Waals surface area contributed by atoms with Gasteiger partial charge in [0.25, 0.3) is 5.69 Å². The predicted molar refractivity (Wildman–Crippen MR) is 135 cm³/mol. The van der Waals surface area contributed by atoms with Gasteiger partial charge in [0, 0.05) is 42.1 Å². The summed E-state index contributed by atoms with van der Waals surface area (Å²) in [6.07, 6.45) is 0.750. The highest BCUT2D eigenvalue weighted by atomic mass is 16.6. The number of aromatic hydroxyl groups is 1. The first-order valence-electron chi connectivity index (χ1n) is 11.1. The first-order chi connectivity index (χ1) is 16.9. The van der Waals surface area contributed by atoms with Crippen molar-refractivity contribution >= 4 is 33.9 Å². The number of benzene rings is 3. The number of aliphatic imine (C=N–C) groups is 1. The second-order valence-electron chi connectivity index (χ2n) is 8.11. The average molecular weight is 472 g/mol. The SMILES string of the molecule is CC(=O)NCc1ccc(C(=Nc2ccc(CCN)cc2)c2c(O)[nH]c3ccc([N+](=O)[O-])cc23)cc1. The summed E-state index contributed by atoms with van der Waals surface area (Å²) in [6, 6.07) is 19.4. The van der Waals surface area contributed by atoms with Gasteiger partial charge in [0.2, 0.25) is 5.91 Å². The number of carbonyl (C=O) groups is 1. The molecule has 0 radical (unpaired) electrons. The largest absolute Gasteiger partial charge is 0.494 e. The molecule has 178 valence electrons. The van der Waals surface area contributed by atoms with Crippen LogP contribution in [-0.2, 0) is 17.8 Å². The molecule has 3 aromatic carbocycles. The number of nitrogens with two attached hydrogens (primary N) is 1. The summed E-state index contributed by atoms with van der Waals surface area (Å²) < 4.78 is 0. The van der Waals surface area contributed by atoms with Gasteiger partial charge in [0.05, 0.1) is 21.9 Å². The number of non-ortho nitro benzene ring substituents is 1. The van der Waals surface area contributed by atoms with Crippen molar-refractivity contribution < 1.29 is 14.8 Å². The Morgan fingerprint density at radius 2 is 1.77 bits per heavy atom. The van der Waals surface area contributed by atoms with E-state index in [4.69, 9.17) is 10.7 Å². The molecular formula is C26H25N5O4. The van der Waals surface area contributed by atoms with Crippen LogP contribution in [-0.4, -0.2) is 33.2 Å². The van der Waals surface area contributed by atoms with E-state index in [0.29, 0.717) is 46.5 Å². The minimum Gasteiger partial charge on any atom is -0.494 e. The summed E-state index contributed by atoms with van der Waals surface area (Å²) in [6.45, 7) is 2.38. The van der Waals surface area contributed by atoms with E-state index in [-0.39, 0.29) is 17.5 Å². The molecule has 0 bridgehead atoms. The van der Waals surface area contributed by atoms with Crippen LogP contribution >= 0.6 is 0 Å². The van der Waals surface area contributed by atoms with Crippen LogP contribution in [0.25, 0.3) is 10.9 Å². The minimum absolute atomic E-state index is 0.0890. The quantitative estimate of drug-likeness (QED) is 0.174. The molecule has 0 unspecified atom stereocenters. The standard InChI is InChI=1S/C26H25N5O4/c1-16(32)28-15-18-2-6-19(7-3-18)25(29-20-8-4-17(5-9-20)12-13-27)24-22-14-21(31(34)35)10-11-23(22)30-26(24)33/h2-11,14,30,33H,12-13,15,27H2,1H3,(H,28,32). The number of aromatic amines is 1. The number of H-pyrrole nitrogens is 1. The minimum atomic E-state index is -0.475. The van der Waals surface area contributed by atoms with Crippen LogP contribution in [0.3, 0.4) is 0 Å². The van der Waals surface area contributed by atoms with Crippen LogP contribution in [0, 0.1) is 10.1 Å². The molecule has 0 fully saturated rings. The highest BCUT2D eigenvalue weighted by Gasteiger charge is 2.21. The predicted octanol–water partition coefficient (Wildman–Crippen LogP) is 4.09. The van der Waals surface area contributed by atoms with Crippen LogP contribution in [0.5, 0.6) is 5.88 Å². The van der Waals surface area contributed by atoms with Gasteiger partial charge in [-0.05, 0) is 42.3 Å². The first-order valence-corrected chi connectivity index (χ1v) is 11.1. The fourth-order valence-electron chi connectivity index (χ4n) is 3.82. The normalized spacial score (nSPS) is 11.5. The van der Waals surface area contributed by atoms with Crippen molar-refractivity contribution in [3.8, 4) is 5.88 Å². The maximum atomic E-state index is 11.4. The summed E-state index contributed by atoms with van der Waals surface area (Å²) >= 11 is 0. The van der Waals surface area contributed by atoms with Gasteiger partial charge >= 0.3 is 0 Å². The lowest BCUT2D eigenvalue weighted by Gasteiger charge is -2.10. The van der Waals surface area contributed by atoms with Crippen LogP contribution in [0.4, 0.5) is 11.4 Å². The van der Waals surface area contributed by atoms with Crippen molar-refractivity contribution in [1.82, 2.24) is 10.3 Å². The molecule has 1 heterocycles. The lowest BCUT2D eigenvalue weighted by atomic mass is 9.99. The number of nitrogens with one attached hydrogen (secondary N) is 2. The van der Waals surface area contributed by atoms with Crippen molar-refractivity contribution in [3.05, 3.63) is 99.1 Å². The van der Waals surface area contributed by atoms with Crippen molar-refractivity contribution in [3.63, 3.8) is 0 Å². The number of hydrogen-bond donors (Lipinski definition) is 4. The van der Waals surface area contributed by atoms with Gasteiger partial charge in [-0.15, -0.1) is 0 Å². The lowest BCUT2D eigenvalue weighted by Crippen LogP contribution is -2.18. The maximum Gasteiger partial charge on any atom is 0.270 e. The molecule has 0 saturated carbocycles. The van der Waals surface area contributed by atoms with Crippen LogP contribution in [0.15, 0.2) is 71.7 Å². The molecular weight excluding hydrogens is 446 g/mol. The number of hydrogen-bond acceptors (Lipinski definition) is 6. The number of carbonyl (C=O) groups excluding carboxylic acids is 1. The van der Waals surface area contributed by atoms with Gasteiger partial charge in [0.1, 0.15) is 0 Å². The Balaban J connectivity index is 1.85. The van der Waals surface area contributed by atoms with E-state index < -0.39 is 4.92 Å². The molecule has 35 heavy (non-hydrogen) atoms. The van der Waals surface area contributed by atoms with Crippen LogP contribution in [0.2, 0.25) is 0 Å². The number of nitrogens with zero attached hydrogens (tertiary/aromatic N) is 2. The topological polar surface area (TPSA) is 147 Å². The molecule has 1 aromatic heterocycles. The van der Waals surface area contributed by atoms with Gasteiger partial charge in [-0.2, -0.15) is 0 Å². The third kappa shape index (κ3) is 5.36. The maximum absolute atomic E-state index is 11.4. The Morgan fingerprint density at radius 3 is 2.40 bits per heavy atom. The zero-order valence-corrected chi connectivity index (χ0v) is 19.1. The zero-order valence-electron chi connectivity index (χ0n) is 19.1. The first kappa shape index (κ1) is 23.7. The van der Waals surface area contributed by atoms with Gasteiger partial charge in [0.15, 0.2) is 5.88 Å². The second kappa shape index (κ2) is 10.2. The Bertz CT molecular complexity index is 1410. The third-order valence-corrected chi connectivity index (χ3v) is 5.59. The van der Waals surface area contributed by atoms with Crippen molar-refractivity contribution in [2.24, 2.45) is 10.7 Å². The van der Waals surface area contributed by atoms with Crippen LogP contribution in [0.1, 0.15) is 29.2 Å². The Kier molecular flexibility index (Phi) is 6.88. The molecule has 0 spiro atoms. The fourth-order valence-corrected chi connectivity index (χ4v) is 3.82. The second-order valence-corrected chi connectivity index (χ2v) is 8.11. The van der Waals surface area contributed by atoms with E-state index in [2.05, 4.69) is 10.3 Å². The number of aromatic nitrogens is 1. The van der Waals surface area contributed by atoms with Crippen LogP contribution < -0.4 is 11.1 Å². The Morgan fingerprint density at radius 1 is 1.09 bits per heavy atom. The highest BCUT2D eigenvalue weighted by molar-refractivity contribution is 6.22. The fraction of sp³-hybridized carbons (Fsp3) is 0.154. The van der Waals surface area contributed by atoms with E-state index in [1.54, 1.807) is 6.07 Å². The number of nitro groups is 1. The van der Waals surface area contributed by atoms with E-state index >= 15 is 0 Å². The Labute approximate surface area is 201 Å². The highest BCUT2D eigenvalue weighted by Crippen LogP contribution is 2.33. The molecule has 0 aliphatic carbocycles. The molecule has 0 aliphatic rings. The zero-order chi connectivity index (χ0) is 24.9. The number of fused-ring (bicyclic) bond motifs is 1. The van der Waals surface area contributed by atoms with E-state index in [9.17, 15) is 20.0 Å². The third-order valence-electron chi connectivity index (χ3n) is 5.59. The van der Waals surface area contributed by atoms with Crippen molar-refractivity contribution in [1.29, 1.82) is 0 Å². The number of nitro benzene ring substituents is 1. The molecule has 9 heteroatoms. The van der Waals surface area contributed by atoms with Gasteiger partial charge in [-0.3, -0.25) is 14.9 Å².